The highest BCUT2D eigenvalue weighted by molar-refractivity contribution is 7.25. The topological polar surface area (TPSA) is 26.3 Å². The molecule has 3 aromatic heterocycles. The van der Waals surface area contributed by atoms with Gasteiger partial charge in [-0.2, -0.15) is 0 Å². The third-order valence-corrected chi connectivity index (χ3v) is 10.0. The maximum atomic E-state index is 6.76. The van der Waals surface area contributed by atoms with Gasteiger partial charge in [0, 0.05) is 41.9 Å². The summed E-state index contributed by atoms with van der Waals surface area (Å²) in [6.07, 6.45) is 0. The Morgan fingerprint density at radius 2 is 1.02 bits per heavy atom. The first-order valence-electron chi connectivity index (χ1n) is 14.5. The van der Waals surface area contributed by atoms with Crippen LogP contribution in [0, 0.1) is 0 Å². The van der Waals surface area contributed by atoms with E-state index in [0.29, 0.717) is 0 Å². The van der Waals surface area contributed by atoms with Gasteiger partial charge in [0.05, 0.1) is 0 Å². The van der Waals surface area contributed by atoms with Gasteiger partial charge in [-0.1, -0.05) is 97.1 Å². The SMILES string of the molecule is c1ccc2c(c1)oc1c2ccc2cc(-c3c4ccccc4c(-c4ccc5sc6ccccc6c5c4)c4ccccc34)oc21. The van der Waals surface area contributed by atoms with Crippen molar-refractivity contribution in [2.45, 2.75) is 0 Å². The number of fused-ring (bicyclic) bond motifs is 10. The lowest BCUT2D eigenvalue weighted by atomic mass is 9.87. The van der Waals surface area contributed by atoms with Crippen LogP contribution in [0.1, 0.15) is 0 Å². The van der Waals surface area contributed by atoms with Crippen LogP contribution in [0.3, 0.4) is 0 Å². The molecule has 0 saturated carbocycles. The standard InChI is InChI=1S/C40H22O2S/c1-3-13-29-27(11-1)37(23-18-20-36-32(21-23)26-10-6-8-16-35(26)43-36)28-12-2-4-14-30(28)38(29)34-22-24-17-19-31-25-9-5-7-15-33(25)41-40(31)39(24)42-34/h1-22H. The molecule has 0 spiro atoms. The fourth-order valence-corrected chi connectivity index (χ4v) is 8.08. The molecular formula is C40H22O2S. The zero-order chi connectivity index (χ0) is 28.1. The maximum Gasteiger partial charge on any atom is 0.178 e. The van der Waals surface area contributed by atoms with Crippen LogP contribution >= 0.6 is 11.3 Å². The lowest BCUT2D eigenvalue weighted by Gasteiger charge is -2.16. The summed E-state index contributed by atoms with van der Waals surface area (Å²) in [4.78, 5) is 0. The van der Waals surface area contributed by atoms with Crippen LogP contribution in [0.2, 0.25) is 0 Å². The highest BCUT2D eigenvalue weighted by atomic mass is 32.1. The van der Waals surface area contributed by atoms with E-state index in [4.69, 9.17) is 8.83 Å². The number of hydrogen-bond donors (Lipinski definition) is 0. The first kappa shape index (κ1) is 23.2. The highest BCUT2D eigenvalue weighted by Crippen LogP contribution is 2.47. The minimum atomic E-state index is 0.788. The summed E-state index contributed by atoms with van der Waals surface area (Å²) in [5.74, 6) is 0.848. The largest absolute Gasteiger partial charge is 0.452 e. The van der Waals surface area contributed by atoms with Crippen molar-refractivity contribution in [1.29, 1.82) is 0 Å². The molecule has 0 radical (unpaired) electrons. The van der Waals surface area contributed by atoms with Crippen molar-refractivity contribution in [3.8, 4) is 22.5 Å². The molecule has 3 heteroatoms. The molecule has 0 atom stereocenters. The summed E-state index contributed by atoms with van der Waals surface area (Å²) < 4.78 is 15.7. The Morgan fingerprint density at radius 3 is 1.79 bits per heavy atom. The van der Waals surface area contributed by atoms with Crippen molar-refractivity contribution < 1.29 is 8.83 Å². The van der Waals surface area contributed by atoms with E-state index in [0.717, 1.165) is 44.2 Å². The monoisotopic (exact) mass is 566 g/mol. The number of para-hydroxylation sites is 1. The summed E-state index contributed by atoms with van der Waals surface area (Å²) >= 11 is 1.86. The van der Waals surface area contributed by atoms with Gasteiger partial charge in [-0.05, 0) is 69.1 Å². The second-order valence-corrected chi connectivity index (χ2v) is 12.3. The van der Waals surface area contributed by atoms with E-state index in [1.165, 1.54) is 52.8 Å². The van der Waals surface area contributed by atoms with E-state index in [1.807, 2.05) is 29.5 Å². The minimum Gasteiger partial charge on any atom is -0.452 e. The quantitative estimate of drug-likeness (QED) is 0.195. The maximum absolute atomic E-state index is 6.76. The summed E-state index contributed by atoms with van der Waals surface area (Å²) in [5.41, 5.74) is 6.05. The van der Waals surface area contributed by atoms with Crippen molar-refractivity contribution in [1.82, 2.24) is 0 Å². The van der Waals surface area contributed by atoms with Crippen molar-refractivity contribution in [3.63, 3.8) is 0 Å². The Hall–Kier alpha value is -5.38. The van der Waals surface area contributed by atoms with Crippen molar-refractivity contribution in [2.24, 2.45) is 0 Å². The molecule has 0 aliphatic rings. The zero-order valence-corrected chi connectivity index (χ0v) is 23.7. The van der Waals surface area contributed by atoms with E-state index >= 15 is 0 Å². The number of furan rings is 2. The van der Waals surface area contributed by atoms with Crippen LogP contribution in [-0.4, -0.2) is 0 Å². The van der Waals surface area contributed by atoms with Gasteiger partial charge in [0.25, 0.3) is 0 Å². The van der Waals surface area contributed by atoms with Gasteiger partial charge in [-0.3, -0.25) is 0 Å². The first-order chi connectivity index (χ1) is 21.3. The Balaban J connectivity index is 1.28. The van der Waals surface area contributed by atoms with Gasteiger partial charge >= 0.3 is 0 Å². The third-order valence-electron chi connectivity index (χ3n) is 8.87. The van der Waals surface area contributed by atoms with E-state index < -0.39 is 0 Å². The summed E-state index contributed by atoms with van der Waals surface area (Å²) in [6.45, 7) is 0. The predicted molar refractivity (Wildman–Crippen MR) is 182 cm³/mol. The molecule has 3 heterocycles. The lowest BCUT2D eigenvalue weighted by molar-refractivity contribution is 0.612. The lowest BCUT2D eigenvalue weighted by Crippen LogP contribution is -1.89. The summed E-state index contributed by atoms with van der Waals surface area (Å²) in [5, 5.41) is 10.6. The number of thiophene rings is 1. The summed E-state index contributed by atoms with van der Waals surface area (Å²) in [6, 6.07) is 47.7. The molecule has 2 nitrogen and oxygen atoms in total. The van der Waals surface area contributed by atoms with Gasteiger partial charge in [-0.25, -0.2) is 0 Å². The van der Waals surface area contributed by atoms with Crippen LogP contribution in [0.5, 0.6) is 0 Å². The average molecular weight is 567 g/mol. The smallest absolute Gasteiger partial charge is 0.178 e. The fraction of sp³-hybridized carbons (Fsp3) is 0. The molecule has 10 aromatic rings. The Bertz CT molecular complexity index is 2680. The Morgan fingerprint density at radius 1 is 0.395 bits per heavy atom. The average Bonchev–Trinajstić information content (AvgIpc) is 3.76. The predicted octanol–water partition coefficient (Wildman–Crippen LogP) is 12.3. The van der Waals surface area contributed by atoms with Crippen molar-refractivity contribution in [2.75, 3.05) is 0 Å². The second kappa shape index (κ2) is 8.57. The molecule has 0 aliphatic carbocycles. The van der Waals surface area contributed by atoms with E-state index in [-0.39, 0.29) is 0 Å². The normalized spacial score (nSPS) is 12.2. The number of rotatable bonds is 2. The third kappa shape index (κ3) is 3.23. The van der Waals surface area contributed by atoms with Gasteiger partial charge in [-0.15, -0.1) is 11.3 Å². The molecule has 0 N–H and O–H groups in total. The van der Waals surface area contributed by atoms with Gasteiger partial charge in [0.15, 0.2) is 11.2 Å². The number of hydrogen-bond acceptors (Lipinski definition) is 3. The van der Waals surface area contributed by atoms with Crippen LogP contribution in [-0.2, 0) is 0 Å². The molecule has 0 bridgehead atoms. The van der Waals surface area contributed by atoms with E-state index in [2.05, 4.69) is 115 Å². The van der Waals surface area contributed by atoms with Crippen molar-refractivity contribution >= 4 is 86.0 Å². The molecule has 0 saturated heterocycles. The minimum absolute atomic E-state index is 0.788. The Kier molecular flexibility index (Phi) is 4.63. The van der Waals surface area contributed by atoms with Crippen LogP contribution in [0.25, 0.3) is 97.1 Å². The molecular weight excluding hydrogens is 545 g/mol. The van der Waals surface area contributed by atoms with Crippen LogP contribution in [0.15, 0.2) is 142 Å². The highest BCUT2D eigenvalue weighted by Gasteiger charge is 2.21. The summed E-state index contributed by atoms with van der Waals surface area (Å²) in [7, 11) is 0. The second-order valence-electron chi connectivity index (χ2n) is 11.2. The first-order valence-corrected chi connectivity index (χ1v) is 15.3. The molecule has 0 unspecified atom stereocenters. The van der Waals surface area contributed by atoms with Crippen molar-refractivity contribution in [3.05, 3.63) is 133 Å². The van der Waals surface area contributed by atoms with Gasteiger partial charge < -0.3 is 8.83 Å². The zero-order valence-electron chi connectivity index (χ0n) is 22.9. The Labute approximate surface area is 250 Å². The van der Waals surface area contributed by atoms with E-state index in [1.54, 1.807) is 0 Å². The molecule has 0 amide bonds. The molecule has 0 fully saturated rings. The van der Waals surface area contributed by atoms with Gasteiger partial charge in [0.1, 0.15) is 11.3 Å². The molecule has 7 aromatic carbocycles. The fourth-order valence-electron chi connectivity index (χ4n) is 6.99. The van der Waals surface area contributed by atoms with Crippen LogP contribution in [0.4, 0.5) is 0 Å². The molecule has 0 aliphatic heterocycles. The molecule has 10 rings (SSSR count). The molecule has 200 valence electrons. The van der Waals surface area contributed by atoms with E-state index in [9.17, 15) is 0 Å². The van der Waals surface area contributed by atoms with Crippen LogP contribution < -0.4 is 0 Å². The molecule has 43 heavy (non-hydrogen) atoms. The number of benzene rings is 7. The van der Waals surface area contributed by atoms with Gasteiger partial charge in [0.2, 0.25) is 0 Å².